The van der Waals surface area contributed by atoms with Crippen molar-refractivity contribution in [3.63, 3.8) is 0 Å². The molecule has 3 aliphatic heterocycles. The van der Waals surface area contributed by atoms with Crippen LogP contribution in [-0.4, -0.2) is 277 Å². The summed E-state index contributed by atoms with van der Waals surface area (Å²) < 4.78 is 59.1. The summed E-state index contributed by atoms with van der Waals surface area (Å²) in [5.74, 6) is -0.995. The molecule has 96 heavy (non-hydrogen) atoms. The molecule has 1 unspecified atom stereocenters. The van der Waals surface area contributed by atoms with Gasteiger partial charge in [-0.25, -0.2) is 4.57 Å². The first kappa shape index (κ1) is 87.1. The molecule has 0 spiro atoms. The third kappa shape index (κ3) is 29.1. The molecule has 4 aliphatic rings. The monoisotopic (exact) mass is 1410 g/mol. The third-order valence-corrected chi connectivity index (χ3v) is 20.2. The zero-order valence-electron chi connectivity index (χ0n) is 56.9. The third-order valence-electron chi connectivity index (χ3n) is 19.2. The minimum absolute atomic E-state index is 0.0277. The van der Waals surface area contributed by atoms with Crippen LogP contribution in [-0.2, 0) is 46.8 Å². The van der Waals surface area contributed by atoms with Crippen LogP contribution in [0, 0.1) is 0 Å². The molecular formula is C66H126NO28P. The van der Waals surface area contributed by atoms with E-state index in [0.29, 0.717) is 19.3 Å². The van der Waals surface area contributed by atoms with Crippen molar-refractivity contribution in [2.75, 3.05) is 26.4 Å². The largest absolute Gasteiger partial charge is 0.472 e. The number of phosphoric acid groups is 1. The molecule has 0 aromatic heterocycles. The Balaban J connectivity index is 1.43. The average Bonchev–Trinajstić information content (AvgIpc) is 0.768. The summed E-state index contributed by atoms with van der Waals surface area (Å²) in [6.45, 7) is 0.248. The van der Waals surface area contributed by atoms with Gasteiger partial charge in [-0.05, 0) is 12.8 Å². The fraction of sp³-hybridized carbons (Fsp3) is 0.985. The molecule has 1 aliphatic carbocycles. The number of amides is 1. The van der Waals surface area contributed by atoms with Crippen molar-refractivity contribution < 1.29 is 139 Å². The highest BCUT2D eigenvalue weighted by atomic mass is 31.2. The number of nitrogens with one attached hydrogen (secondary N) is 1. The van der Waals surface area contributed by atoms with Crippen LogP contribution in [0.3, 0.4) is 0 Å². The first-order valence-corrected chi connectivity index (χ1v) is 37.7. The van der Waals surface area contributed by atoms with E-state index >= 15 is 0 Å². The van der Waals surface area contributed by atoms with Gasteiger partial charge in [0.25, 0.3) is 0 Å². The maximum atomic E-state index is 14.1. The maximum absolute atomic E-state index is 14.1. The number of aliphatic hydroxyl groups is 17. The molecule has 19 N–H and O–H groups in total. The molecular weight excluding hydrogens is 1290 g/mol. The molecule has 3 saturated heterocycles. The van der Waals surface area contributed by atoms with E-state index < -0.39 is 193 Å². The van der Waals surface area contributed by atoms with Crippen LogP contribution in [0.15, 0.2) is 0 Å². The highest BCUT2D eigenvalue weighted by Gasteiger charge is 2.58. The lowest BCUT2D eigenvalue weighted by Crippen LogP contribution is -2.69. The lowest BCUT2D eigenvalue weighted by atomic mass is 9.84. The maximum Gasteiger partial charge on any atom is 0.472 e. The number of carbonyl (C=O) groups is 1. The number of carbonyl (C=O) groups excluding carboxylic acids is 1. The minimum atomic E-state index is -5.74. The van der Waals surface area contributed by atoms with Crippen molar-refractivity contribution in [1.29, 1.82) is 0 Å². The van der Waals surface area contributed by atoms with Gasteiger partial charge in [0.05, 0.1) is 38.6 Å². The normalized spacial score (nSPS) is 33.9. The van der Waals surface area contributed by atoms with Gasteiger partial charge >= 0.3 is 7.82 Å². The van der Waals surface area contributed by atoms with Crippen LogP contribution < -0.4 is 5.32 Å². The van der Waals surface area contributed by atoms with Gasteiger partial charge in [0.1, 0.15) is 122 Å². The fourth-order valence-electron chi connectivity index (χ4n) is 13.0. The van der Waals surface area contributed by atoms with Gasteiger partial charge in [-0.2, -0.15) is 0 Å². The van der Waals surface area contributed by atoms with Gasteiger partial charge in [0, 0.05) is 0 Å². The molecule has 4 rings (SSSR count). The van der Waals surface area contributed by atoms with Crippen molar-refractivity contribution in [1.82, 2.24) is 5.32 Å². The predicted octanol–water partition coefficient (Wildman–Crippen LogP) is 1.65. The number of unbranched alkanes of at least 4 members (excludes halogenated alkanes) is 30. The Morgan fingerprint density at radius 2 is 0.708 bits per heavy atom. The SMILES string of the molecule is CCCCCCCCCCCCCCCCCCCCCC[C@@H](O)C(=O)N[C@@H](COP(=O)(O)O[C@H]1[C@H](O)[C@@H](O)[C@H](O)[C@@H](O)[C@H]1O[C@H]1O[C@H](CO)[C@@H](O[C@H]2O[C@H](CO)[C@H](O)[C@H](O)[C@H]2O)[C@H](O[C@H]2O[C@H](CO)[C@@H](O)[C@H](O)[C@@H]2O)[C@@H]1O)[C@H](O)[C@H](O)CCCCCCCCCCCCCC. The van der Waals surface area contributed by atoms with Crippen molar-refractivity contribution in [3.05, 3.63) is 0 Å². The average molecular weight is 1410 g/mol. The van der Waals surface area contributed by atoms with Crippen LogP contribution in [0.4, 0.5) is 0 Å². The molecule has 568 valence electrons. The number of rotatable bonds is 52. The number of hydrogen-bond donors (Lipinski definition) is 19. The molecule has 0 bridgehead atoms. The summed E-state index contributed by atoms with van der Waals surface area (Å²) in [5, 5.41) is 187. The van der Waals surface area contributed by atoms with E-state index in [0.717, 1.165) is 64.2 Å². The van der Waals surface area contributed by atoms with Gasteiger partial charge < -0.3 is 125 Å². The standard InChI is InChI=1S/C66H126NO28P/c1-3-5-7-9-11-13-15-17-18-19-20-21-22-23-24-26-28-30-32-34-36-43(72)63(85)67-41(47(73)42(71)35-33-31-29-27-25-16-14-12-10-8-6-4-2)40-88-96(86,87)95-62-55(81)53(79)52(78)54(80)60(62)93-66-58(84)61(94-65-57(83)51(77)49(75)45(38-69)90-65)59(46(39-70)91-66)92-64-56(82)50(76)48(74)44(37-68)89-64/h41-62,64-66,68-84H,3-40H2,1-2H3,(H,67,85)(H,86,87)/t41-,42+,43+,44+,45+,46+,47-,48-,49+,50-,51-,52-,53-,54+,55+,56+,57-,58-,59+,60+,61+,62-,64+,65+,66+/m0/s1. The second-order valence-corrected chi connectivity index (χ2v) is 28.5. The van der Waals surface area contributed by atoms with Gasteiger partial charge in [-0.15, -0.1) is 0 Å². The quantitative estimate of drug-likeness (QED) is 0.0304. The van der Waals surface area contributed by atoms with Gasteiger partial charge in [-0.3, -0.25) is 13.8 Å². The highest BCUT2D eigenvalue weighted by molar-refractivity contribution is 7.47. The van der Waals surface area contributed by atoms with E-state index in [2.05, 4.69) is 19.2 Å². The molecule has 26 atom stereocenters. The molecule has 29 nitrogen and oxygen atoms in total. The Kier molecular flexibility index (Phi) is 43.4. The Morgan fingerprint density at radius 3 is 1.09 bits per heavy atom. The topological polar surface area (TPSA) is 484 Å². The molecule has 1 amide bonds. The second-order valence-electron chi connectivity index (χ2n) is 27.1. The Hall–Kier alpha value is -1.34. The number of hydrogen-bond acceptors (Lipinski definition) is 27. The van der Waals surface area contributed by atoms with Crippen LogP contribution in [0.25, 0.3) is 0 Å². The molecule has 3 heterocycles. The van der Waals surface area contributed by atoms with E-state index in [1.807, 2.05) is 0 Å². The van der Waals surface area contributed by atoms with E-state index in [4.69, 9.17) is 37.5 Å². The second kappa shape index (κ2) is 47.8. The number of aliphatic hydroxyl groups excluding tert-OH is 17. The van der Waals surface area contributed by atoms with Crippen molar-refractivity contribution >= 4 is 13.7 Å². The zero-order chi connectivity index (χ0) is 70.7. The van der Waals surface area contributed by atoms with E-state index in [9.17, 15) is 101 Å². The van der Waals surface area contributed by atoms with Gasteiger partial charge in [-0.1, -0.05) is 219 Å². The molecule has 4 fully saturated rings. The molecule has 0 radical (unpaired) electrons. The summed E-state index contributed by atoms with van der Waals surface area (Å²) in [6.07, 6.45) is -13.9. The molecule has 30 heteroatoms. The lowest BCUT2D eigenvalue weighted by molar-refractivity contribution is -0.395. The summed E-state index contributed by atoms with van der Waals surface area (Å²) in [7, 11) is -5.74. The van der Waals surface area contributed by atoms with Gasteiger partial charge in [0.15, 0.2) is 18.9 Å². The Bertz CT molecular complexity index is 2050. The number of phosphoric ester groups is 1. The Labute approximate surface area is 567 Å². The van der Waals surface area contributed by atoms with Crippen LogP contribution in [0.1, 0.15) is 232 Å². The molecule has 0 aromatic carbocycles. The Morgan fingerprint density at radius 1 is 0.396 bits per heavy atom. The summed E-state index contributed by atoms with van der Waals surface area (Å²) in [5.41, 5.74) is 0. The fourth-order valence-corrected chi connectivity index (χ4v) is 13.9. The molecule has 0 aromatic rings. The number of ether oxygens (including phenoxy) is 6. The van der Waals surface area contributed by atoms with Crippen LogP contribution in [0.5, 0.6) is 0 Å². The lowest BCUT2D eigenvalue weighted by Gasteiger charge is -2.50. The minimum Gasteiger partial charge on any atom is -0.394 e. The first-order valence-electron chi connectivity index (χ1n) is 36.2. The zero-order valence-corrected chi connectivity index (χ0v) is 57.8. The van der Waals surface area contributed by atoms with Gasteiger partial charge in [0.2, 0.25) is 5.91 Å². The van der Waals surface area contributed by atoms with Crippen molar-refractivity contribution in [3.8, 4) is 0 Å². The summed E-state index contributed by atoms with van der Waals surface area (Å²) in [6, 6.07) is -1.71. The van der Waals surface area contributed by atoms with Crippen molar-refractivity contribution in [2.24, 2.45) is 0 Å². The van der Waals surface area contributed by atoms with E-state index in [1.165, 1.54) is 122 Å². The predicted molar refractivity (Wildman–Crippen MR) is 347 cm³/mol. The van der Waals surface area contributed by atoms with E-state index in [-0.39, 0.29) is 12.8 Å². The first-order chi connectivity index (χ1) is 46.0. The summed E-state index contributed by atoms with van der Waals surface area (Å²) in [4.78, 5) is 25.0. The van der Waals surface area contributed by atoms with Crippen molar-refractivity contribution in [2.45, 2.75) is 385 Å². The summed E-state index contributed by atoms with van der Waals surface area (Å²) >= 11 is 0. The van der Waals surface area contributed by atoms with Crippen LogP contribution >= 0.6 is 7.82 Å². The smallest absolute Gasteiger partial charge is 0.394 e. The molecule has 1 saturated carbocycles. The van der Waals surface area contributed by atoms with E-state index in [1.54, 1.807) is 0 Å². The highest BCUT2D eigenvalue weighted by Crippen LogP contribution is 2.48. The van der Waals surface area contributed by atoms with Crippen LogP contribution in [0.2, 0.25) is 0 Å².